The summed E-state index contributed by atoms with van der Waals surface area (Å²) in [5.41, 5.74) is 1.11. The molecule has 1 N–H and O–H groups in total. The minimum Gasteiger partial charge on any atom is -0.491 e. The summed E-state index contributed by atoms with van der Waals surface area (Å²) in [6.07, 6.45) is 0. The van der Waals surface area contributed by atoms with E-state index < -0.39 is 0 Å². The van der Waals surface area contributed by atoms with Crippen LogP contribution in [0.25, 0.3) is 0 Å². The lowest BCUT2D eigenvalue weighted by Gasteiger charge is -2.04. The first kappa shape index (κ1) is 10.0. The maximum atomic E-state index is 8.52. The second-order valence-electron chi connectivity index (χ2n) is 2.65. The second-order valence-corrected chi connectivity index (χ2v) is 2.65. The molecule has 1 rings (SSSR count). The van der Waals surface area contributed by atoms with E-state index in [-0.39, 0.29) is 6.61 Å². The lowest BCUT2D eigenvalue weighted by Crippen LogP contribution is -2.01. The van der Waals surface area contributed by atoms with Crippen LogP contribution in [0.1, 0.15) is 5.56 Å². The molecule has 72 valence electrons. The highest BCUT2D eigenvalue weighted by Gasteiger charge is 1.94. The SMILES string of the molecule is COCc1ccc(OCCO)cc1. The molecule has 0 radical (unpaired) electrons. The average Bonchev–Trinajstić information content (AvgIpc) is 2.17. The van der Waals surface area contributed by atoms with Gasteiger partial charge in [0, 0.05) is 7.11 Å². The van der Waals surface area contributed by atoms with E-state index in [2.05, 4.69) is 0 Å². The Morgan fingerprint density at radius 2 is 1.92 bits per heavy atom. The monoisotopic (exact) mass is 182 g/mol. The van der Waals surface area contributed by atoms with E-state index >= 15 is 0 Å². The van der Waals surface area contributed by atoms with Crippen LogP contribution in [0.15, 0.2) is 24.3 Å². The van der Waals surface area contributed by atoms with Gasteiger partial charge in [0.1, 0.15) is 12.4 Å². The summed E-state index contributed by atoms with van der Waals surface area (Å²) in [6, 6.07) is 7.61. The van der Waals surface area contributed by atoms with E-state index in [4.69, 9.17) is 14.6 Å². The van der Waals surface area contributed by atoms with Gasteiger partial charge in [-0.2, -0.15) is 0 Å². The number of rotatable bonds is 5. The number of aliphatic hydroxyl groups excluding tert-OH is 1. The predicted octanol–water partition coefficient (Wildman–Crippen LogP) is 1.20. The van der Waals surface area contributed by atoms with Crippen molar-refractivity contribution in [2.75, 3.05) is 20.3 Å². The Balaban J connectivity index is 2.48. The molecular formula is C10H14O3. The third-order valence-corrected chi connectivity index (χ3v) is 1.59. The zero-order valence-corrected chi connectivity index (χ0v) is 7.69. The molecule has 0 atom stereocenters. The third kappa shape index (κ3) is 3.44. The smallest absolute Gasteiger partial charge is 0.119 e. The maximum Gasteiger partial charge on any atom is 0.119 e. The standard InChI is InChI=1S/C10H14O3/c1-12-8-9-2-4-10(5-3-9)13-7-6-11/h2-5,11H,6-8H2,1H3. The van der Waals surface area contributed by atoms with Gasteiger partial charge in [-0.05, 0) is 17.7 Å². The Morgan fingerprint density at radius 3 is 2.46 bits per heavy atom. The highest BCUT2D eigenvalue weighted by molar-refractivity contribution is 5.26. The first-order chi connectivity index (χ1) is 6.36. The quantitative estimate of drug-likeness (QED) is 0.743. The Hall–Kier alpha value is -1.06. The molecule has 0 unspecified atom stereocenters. The summed E-state index contributed by atoms with van der Waals surface area (Å²) in [5.74, 6) is 0.772. The van der Waals surface area contributed by atoms with Crippen molar-refractivity contribution in [3.8, 4) is 5.75 Å². The molecule has 0 saturated carbocycles. The summed E-state index contributed by atoms with van der Waals surface area (Å²) < 4.78 is 10.2. The van der Waals surface area contributed by atoms with E-state index in [1.807, 2.05) is 24.3 Å². The van der Waals surface area contributed by atoms with Gasteiger partial charge in [-0.1, -0.05) is 12.1 Å². The first-order valence-corrected chi connectivity index (χ1v) is 4.18. The van der Waals surface area contributed by atoms with Crippen LogP contribution in [-0.4, -0.2) is 25.4 Å². The van der Waals surface area contributed by atoms with Crippen LogP contribution in [0.5, 0.6) is 5.75 Å². The summed E-state index contributed by atoms with van der Waals surface area (Å²) in [7, 11) is 1.66. The molecular weight excluding hydrogens is 168 g/mol. The molecule has 13 heavy (non-hydrogen) atoms. The molecule has 3 heteroatoms. The molecule has 0 saturated heterocycles. The van der Waals surface area contributed by atoms with Crippen molar-refractivity contribution < 1.29 is 14.6 Å². The van der Waals surface area contributed by atoms with Crippen LogP contribution in [0.2, 0.25) is 0 Å². The Bertz CT molecular complexity index is 230. The second kappa shape index (κ2) is 5.56. The van der Waals surface area contributed by atoms with E-state index in [1.165, 1.54) is 0 Å². The Kier molecular flexibility index (Phi) is 4.29. The van der Waals surface area contributed by atoms with Crippen LogP contribution in [0, 0.1) is 0 Å². The molecule has 0 heterocycles. The number of ether oxygens (including phenoxy) is 2. The van der Waals surface area contributed by atoms with Crippen LogP contribution in [0.4, 0.5) is 0 Å². The van der Waals surface area contributed by atoms with E-state index in [1.54, 1.807) is 7.11 Å². The largest absolute Gasteiger partial charge is 0.491 e. The Morgan fingerprint density at radius 1 is 1.23 bits per heavy atom. The molecule has 0 fully saturated rings. The van der Waals surface area contributed by atoms with Gasteiger partial charge < -0.3 is 14.6 Å². The minimum atomic E-state index is 0.0415. The molecule has 0 spiro atoms. The zero-order chi connectivity index (χ0) is 9.52. The summed E-state index contributed by atoms with van der Waals surface area (Å²) in [4.78, 5) is 0. The molecule has 0 aliphatic heterocycles. The van der Waals surface area contributed by atoms with Gasteiger partial charge >= 0.3 is 0 Å². The number of hydrogen-bond donors (Lipinski definition) is 1. The maximum absolute atomic E-state index is 8.52. The summed E-state index contributed by atoms with van der Waals surface area (Å²) >= 11 is 0. The van der Waals surface area contributed by atoms with Crippen molar-refractivity contribution >= 4 is 0 Å². The summed E-state index contributed by atoms with van der Waals surface area (Å²) in [5, 5.41) is 8.52. The van der Waals surface area contributed by atoms with E-state index in [0.717, 1.165) is 11.3 Å². The van der Waals surface area contributed by atoms with Crippen molar-refractivity contribution in [3.63, 3.8) is 0 Å². The zero-order valence-electron chi connectivity index (χ0n) is 7.69. The fraction of sp³-hybridized carbons (Fsp3) is 0.400. The lowest BCUT2D eigenvalue weighted by atomic mass is 10.2. The van der Waals surface area contributed by atoms with Crippen molar-refractivity contribution in [1.29, 1.82) is 0 Å². The molecule has 0 bridgehead atoms. The topological polar surface area (TPSA) is 38.7 Å². The fourth-order valence-electron chi connectivity index (χ4n) is 1.01. The lowest BCUT2D eigenvalue weighted by molar-refractivity contribution is 0.184. The van der Waals surface area contributed by atoms with Gasteiger partial charge in [0.05, 0.1) is 13.2 Å². The van der Waals surface area contributed by atoms with Crippen molar-refractivity contribution in [1.82, 2.24) is 0 Å². The first-order valence-electron chi connectivity index (χ1n) is 4.18. The molecule has 3 nitrogen and oxygen atoms in total. The fourth-order valence-corrected chi connectivity index (χ4v) is 1.01. The molecule has 0 aliphatic rings. The van der Waals surface area contributed by atoms with Gasteiger partial charge in [-0.15, -0.1) is 0 Å². The number of aliphatic hydroxyl groups is 1. The summed E-state index contributed by atoms with van der Waals surface area (Å²) in [6.45, 7) is 0.990. The highest BCUT2D eigenvalue weighted by Crippen LogP contribution is 2.12. The van der Waals surface area contributed by atoms with Crippen LogP contribution >= 0.6 is 0 Å². The Labute approximate surface area is 77.9 Å². The number of benzene rings is 1. The molecule has 1 aromatic rings. The van der Waals surface area contributed by atoms with E-state index in [0.29, 0.717) is 13.2 Å². The van der Waals surface area contributed by atoms with Gasteiger partial charge in [-0.25, -0.2) is 0 Å². The van der Waals surface area contributed by atoms with Crippen LogP contribution < -0.4 is 4.74 Å². The third-order valence-electron chi connectivity index (χ3n) is 1.59. The van der Waals surface area contributed by atoms with Crippen LogP contribution in [-0.2, 0) is 11.3 Å². The minimum absolute atomic E-state index is 0.0415. The van der Waals surface area contributed by atoms with Crippen molar-refractivity contribution in [3.05, 3.63) is 29.8 Å². The molecule has 0 aliphatic carbocycles. The van der Waals surface area contributed by atoms with Crippen LogP contribution in [0.3, 0.4) is 0 Å². The predicted molar refractivity (Wildman–Crippen MR) is 49.7 cm³/mol. The average molecular weight is 182 g/mol. The van der Waals surface area contributed by atoms with Crippen molar-refractivity contribution in [2.24, 2.45) is 0 Å². The van der Waals surface area contributed by atoms with Gasteiger partial charge in [0.2, 0.25) is 0 Å². The number of hydrogen-bond acceptors (Lipinski definition) is 3. The normalized spacial score (nSPS) is 10.0. The highest BCUT2D eigenvalue weighted by atomic mass is 16.5. The molecule has 1 aromatic carbocycles. The molecule has 0 amide bonds. The van der Waals surface area contributed by atoms with Gasteiger partial charge in [0.15, 0.2) is 0 Å². The van der Waals surface area contributed by atoms with E-state index in [9.17, 15) is 0 Å². The van der Waals surface area contributed by atoms with Gasteiger partial charge in [-0.3, -0.25) is 0 Å². The molecule has 0 aromatic heterocycles. The van der Waals surface area contributed by atoms with Gasteiger partial charge in [0.25, 0.3) is 0 Å². The number of methoxy groups -OCH3 is 1. The van der Waals surface area contributed by atoms with Crippen molar-refractivity contribution in [2.45, 2.75) is 6.61 Å².